The number of ether oxygens (including phenoxy) is 1. The number of aromatic nitrogens is 1. The highest BCUT2D eigenvalue weighted by Gasteiger charge is 2.03. The summed E-state index contributed by atoms with van der Waals surface area (Å²) < 4.78 is 7.31. The Morgan fingerprint density at radius 3 is 2.95 bits per heavy atom. The van der Waals surface area contributed by atoms with Crippen molar-refractivity contribution < 1.29 is 4.74 Å². The van der Waals surface area contributed by atoms with E-state index in [2.05, 4.69) is 0 Å². The summed E-state index contributed by atoms with van der Waals surface area (Å²) in [5.74, 6) is 0. The first kappa shape index (κ1) is 13.9. The molecule has 0 aliphatic rings. The van der Waals surface area contributed by atoms with Gasteiger partial charge >= 0.3 is 0 Å². The predicted molar refractivity (Wildman–Crippen MR) is 79.8 cm³/mol. The maximum atomic E-state index is 11.6. The molecular weight excluding hydrogens is 282 g/mol. The largest absolute Gasteiger partial charge is 0.501 e. The molecule has 1 aromatic carbocycles. The average molecular weight is 296 g/mol. The van der Waals surface area contributed by atoms with Gasteiger partial charge in [-0.2, -0.15) is 0 Å². The third-order valence-electron chi connectivity index (χ3n) is 2.48. The minimum absolute atomic E-state index is 0.0646. The Morgan fingerprint density at radius 2 is 2.26 bits per heavy atom. The zero-order valence-electron chi connectivity index (χ0n) is 10.5. The van der Waals surface area contributed by atoms with Gasteiger partial charge in [0.25, 0.3) is 5.56 Å². The van der Waals surface area contributed by atoms with Gasteiger partial charge in [0.2, 0.25) is 0 Å². The van der Waals surface area contributed by atoms with E-state index in [1.165, 1.54) is 17.6 Å². The molecule has 0 bridgehead atoms. The molecule has 5 heteroatoms. The van der Waals surface area contributed by atoms with E-state index in [1.54, 1.807) is 10.2 Å². The quantitative estimate of drug-likeness (QED) is 0.789. The second kappa shape index (κ2) is 6.59. The lowest BCUT2D eigenvalue weighted by Crippen LogP contribution is -2.12. The van der Waals surface area contributed by atoms with E-state index >= 15 is 0 Å². The van der Waals surface area contributed by atoms with Gasteiger partial charge in [0, 0.05) is 6.07 Å². The molecule has 1 aromatic heterocycles. The molecule has 0 atom stereocenters. The fourth-order valence-corrected chi connectivity index (χ4v) is 2.70. The smallest absolute Gasteiger partial charge is 0.262 e. The minimum Gasteiger partial charge on any atom is -0.501 e. The van der Waals surface area contributed by atoms with E-state index < -0.39 is 0 Å². The fraction of sp³-hybridized carbons (Fsp3) is 0.214. The van der Waals surface area contributed by atoms with Gasteiger partial charge in [0.15, 0.2) is 0 Å². The molecular formula is C14H14ClNO2S. The average Bonchev–Trinajstić information content (AvgIpc) is 2.69. The molecule has 0 radical (unpaired) electrons. The summed E-state index contributed by atoms with van der Waals surface area (Å²) in [6.45, 7) is 3.12. The zero-order chi connectivity index (χ0) is 13.7. The fourth-order valence-electron chi connectivity index (χ4n) is 1.64. The lowest BCUT2D eigenvalue weighted by atomic mass is 10.1. The molecule has 0 amide bonds. The van der Waals surface area contributed by atoms with Crippen LogP contribution < -0.4 is 5.56 Å². The first-order valence-electron chi connectivity index (χ1n) is 5.93. The van der Waals surface area contributed by atoms with Gasteiger partial charge in [-0.1, -0.05) is 29.8 Å². The Kier molecular flexibility index (Phi) is 4.82. The highest BCUT2D eigenvalue weighted by molar-refractivity contribution is 7.11. The van der Waals surface area contributed by atoms with E-state index in [9.17, 15) is 4.79 Å². The van der Waals surface area contributed by atoms with Crippen LogP contribution in [0.15, 0.2) is 41.4 Å². The number of hydrogen-bond acceptors (Lipinski definition) is 3. The van der Waals surface area contributed by atoms with Crippen LogP contribution in [-0.4, -0.2) is 10.6 Å². The summed E-state index contributed by atoms with van der Waals surface area (Å²) in [4.78, 5) is 11.6. The van der Waals surface area contributed by atoms with E-state index in [0.717, 1.165) is 11.1 Å². The maximum Gasteiger partial charge on any atom is 0.262 e. The van der Waals surface area contributed by atoms with Crippen molar-refractivity contribution in [3.63, 3.8) is 0 Å². The molecule has 2 aromatic rings. The molecule has 100 valence electrons. The lowest BCUT2D eigenvalue weighted by molar-refractivity contribution is 0.272. The van der Waals surface area contributed by atoms with Crippen LogP contribution >= 0.6 is 23.1 Å². The van der Waals surface area contributed by atoms with Gasteiger partial charge in [-0.3, -0.25) is 8.75 Å². The van der Waals surface area contributed by atoms with Crippen molar-refractivity contribution in [2.75, 3.05) is 6.61 Å². The third-order valence-corrected chi connectivity index (χ3v) is 3.62. The molecule has 0 unspecified atom stereocenters. The summed E-state index contributed by atoms with van der Waals surface area (Å²) in [6.07, 6.45) is 3.57. The summed E-state index contributed by atoms with van der Waals surface area (Å²) >= 11 is 7.08. The molecule has 0 aliphatic carbocycles. The lowest BCUT2D eigenvalue weighted by Gasteiger charge is -2.02. The second-order valence-corrected chi connectivity index (χ2v) is 5.61. The normalized spacial score (nSPS) is 11.1. The Hall–Kier alpha value is -1.52. The van der Waals surface area contributed by atoms with Gasteiger partial charge in [0.1, 0.15) is 4.34 Å². The van der Waals surface area contributed by atoms with Crippen molar-refractivity contribution in [3.05, 3.63) is 62.4 Å². The van der Waals surface area contributed by atoms with E-state index in [4.69, 9.17) is 16.3 Å². The SMILES string of the molecule is CCOC=Cc1cccc(Cn2sc(Cl)cc2=O)c1. The van der Waals surface area contributed by atoms with Gasteiger partial charge in [-0.15, -0.1) is 0 Å². The third kappa shape index (κ3) is 3.98. The van der Waals surface area contributed by atoms with Gasteiger partial charge in [-0.05, 0) is 41.7 Å². The molecule has 2 rings (SSSR count). The van der Waals surface area contributed by atoms with Gasteiger partial charge < -0.3 is 4.74 Å². The first-order valence-corrected chi connectivity index (χ1v) is 7.08. The summed E-state index contributed by atoms with van der Waals surface area (Å²) in [6, 6.07) is 9.39. The minimum atomic E-state index is -0.0646. The van der Waals surface area contributed by atoms with Crippen LogP contribution in [0.25, 0.3) is 6.08 Å². The second-order valence-electron chi connectivity index (χ2n) is 3.92. The molecule has 0 fully saturated rings. The van der Waals surface area contributed by atoms with Crippen molar-refractivity contribution in [1.29, 1.82) is 0 Å². The number of nitrogens with zero attached hydrogens (tertiary/aromatic N) is 1. The van der Waals surface area contributed by atoms with Crippen LogP contribution in [0.1, 0.15) is 18.1 Å². The van der Waals surface area contributed by atoms with Crippen molar-refractivity contribution >= 4 is 29.2 Å². The van der Waals surface area contributed by atoms with E-state index in [1.807, 2.05) is 37.3 Å². The van der Waals surface area contributed by atoms with Gasteiger partial charge in [-0.25, -0.2) is 0 Å². The maximum absolute atomic E-state index is 11.6. The molecule has 1 heterocycles. The van der Waals surface area contributed by atoms with Gasteiger partial charge in [0.05, 0.1) is 19.4 Å². The number of halogens is 1. The summed E-state index contributed by atoms with van der Waals surface area (Å²) in [5, 5.41) is 0. The molecule has 0 saturated carbocycles. The molecule has 0 saturated heterocycles. The van der Waals surface area contributed by atoms with Crippen LogP contribution in [0, 0.1) is 0 Å². The van der Waals surface area contributed by atoms with Crippen molar-refractivity contribution in [1.82, 2.24) is 3.96 Å². The number of benzene rings is 1. The predicted octanol–water partition coefficient (Wildman–Crippen LogP) is 3.62. The summed E-state index contributed by atoms with van der Waals surface area (Å²) in [5.41, 5.74) is 2.03. The van der Waals surface area contributed by atoms with Crippen molar-refractivity contribution in [2.45, 2.75) is 13.5 Å². The summed E-state index contributed by atoms with van der Waals surface area (Å²) in [7, 11) is 0. The van der Waals surface area contributed by atoms with Crippen molar-refractivity contribution in [2.24, 2.45) is 0 Å². The highest BCUT2D eigenvalue weighted by Crippen LogP contribution is 2.15. The van der Waals surface area contributed by atoms with Crippen molar-refractivity contribution in [3.8, 4) is 0 Å². The van der Waals surface area contributed by atoms with E-state index in [0.29, 0.717) is 17.5 Å². The van der Waals surface area contributed by atoms with Crippen LogP contribution in [-0.2, 0) is 11.3 Å². The van der Waals surface area contributed by atoms with Crippen LogP contribution in [0.2, 0.25) is 4.34 Å². The Bertz CT molecular complexity index is 630. The van der Waals surface area contributed by atoms with Crippen LogP contribution in [0.3, 0.4) is 0 Å². The molecule has 0 aliphatic heterocycles. The monoisotopic (exact) mass is 295 g/mol. The number of rotatable bonds is 5. The standard InChI is InChI=1S/C14H14ClNO2S/c1-2-18-7-6-11-4-3-5-12(8-11)10-16-14(17)9-13(15)19-16/h3-9H,2,10H2,1H3. The Morgan fingerprint density at radius 1 is 1.42 bits per heavy atom. The topological polar surface area (TPSA) is 31.2 Å². The van der Waals surface area contributed by atoms with E-state index in [-0.39, 0.29) is 5.56 Å². The highest BCUT2D eigenvalue weighted by atomic mass is 35.5. The molecule has 0 N–H and O–H groups in total. The Balaban J connectivity index is 2.15. The molecule has 3 nitrogen and oxygen atoms in total. The number of hydrogen-bond donors (Lipinski definition) is 0. The van der Waals surface area contributed by atoms with Crippen LogP contribution in [0.4, 0.5) is 0 Å². The van der Waals surface area contributed by atoms with Crippen LogP contribution in [0.5, 0.6) is 0 Å². The Labute approximate surface area is 120 Å². The first-order chi connectivity index (χ1) is 9.19. The zero-order valence-corrected chi connectivity index (χ0v) is 12.1. The molecule has 19 heavy (non-hydrogen) atoms. The molecule has 0 spiro atoms.